The highest BCUT2D eigenvalue weighted by atomic mass is 15.0. The van der Waals surface area contributed by atoms with Gasteiger partial charge in [-0.2, -0.15) is 0 Å². The van der Waals surface area contributed by atoms with Crippen molar-refractivity contribution < 1.29 is 0 Å². The zero-order valence-electron chi connectivity index (χ0n) is 12.2. The highest BCUT2D eigenvalue weighted by Gasteiger charge is 2.37. The van der Waals surface area contributed by atoms with Crippen molar-refractivity contribution >= 4 is 0 Å². The molecule has 1 aliphatic carbocycles. The van der Waals surface area contributed by atoms with Crippen molar-refractivity contribution in [2.75, 3.05) is 0 Å². The summed E-state index contributed by atoms with van der Waals surface area (Å²) in [5.74, 6) is 0. The number of aryl methyl sites for hydroxylation is 1. The van der Waals surface area contributed by atoms with Gasteiger partial charge in [-0.05, 0) is 37.1 Å². The molecule has 3 rings (SSSR count). The highest BCUT2D eigenvalue weighted by Crippen LogP contribution is 2.49. The number of rotatable bonds is 2. The van der Waals surface area contributed by atoms with Gasteiger partial charge in [0.2, 0.25) is 0 Å². The molecule has 0 amide bonds. The summed E-state index contributed by atoms with van der Waals surface area (Å²) in [6.07, 6.45) is 2.18. The van der Waals surface area contributed by atoms with Crippen LogP contribution in [-0.4, -0.2) is 10.6 Å². The van der Waals surface area contributed by atoms with Gasteiger partial charge in [-0.15, -0.1) is 0 Å². The van der Waals surface area contributed by atoms with Crippen LogP contribution in [0.1, 0.15) is 37.5 Å². The van der Waals surface area contributed by atoms with Crippen LogP contribution in [0.4, 0.5) is 0 Å². The fraction of sp³-hybridized carbons (Fsp3) is 0.412. The van der Waals surface area contributed by atoms with Gasteiger partial charge in [0.05, 0.1) is 5.69 Å². The SMILES string of the molecule is Cc1ccc2c(c1)-c1c(ccn1CC(C)N)C2(C)C. The second-order valence-corrected chi connectivity index (χ2v) is 6.38. The molecule has 0 bridgehead atoms. The summed E-state index contributed by atoms with van der Waals surface area (Å²) in [7, 11) is 0. The van der Waals surface area contributed by atoms with Gasteiger partial charge in [0.15, 0.2) is 0 Å². The molecule has 0 aliphatic heterocycles. The van der Waals surface area contributed by atoms with Crippen LogP contribution < -0.4 is 5.73 Å². The van der Waals surface area contributed by atoms with E-state index in [4.69, 9.17) is 5.73 Å². The molecule has 1 aromatic carbocycles. The largest absolute Gasteiger partial charge is 0.346 e. The van der Waals surface area contributed by atoms with Crippen LogP contribution in [0.25, 0.3) is 11.3 Å². The second-order valence-electron chi connectivity index (χ2n) is 6.38. The Kier molecular flexibility index (Phi) is 2.61. The lowest BCUT2D eigenvalue weighted by Crippen LogP contribution is -2.22. The number of benzene rings is 1. The van der Waals surface area contributed by atoms with Crippen molar-refractivity contribution in [2.45, 2.75) is 45.7 Å². The van der Waals surface area contributed by atoms with E-state index >= 15 is 0 Å². The third-order valence-electron chi connectivity index (χ3n) is 4.23. The molecule has 1 unspecified atom stereocenters. The first kappa shape index (κ1) is 12.5. The molecule has 0 saturated heterocycles. The Bertz CT molecular complexity index is 633. The summed E-state index contributed by atoms with van der Waals surface area (Å²) in [5, 5.41) is 0. The number of hydrogen-bond donors (Lipinski definition) is 1. The van der Waals surface area contributed by atoms with Crippen LogP contribution >= 0.6 is 0 Å². The minimum Gasteiger partial charge on any atom is -0.346 e. The molecule has 1 heterocycles. The number of nitrogens with two attached hydrogens (primary N) is 1. The van der Waals surface area contributed by atoms with Gasteiger partial charge in [0.1, 0.15) is 0 Å². The smallest absolute Gasteiger partial charge is 0.0525 e. The molecule has 2 aromatic rings. The number of hydrogen-bond acceptors (Lipinski definition) is 1. The molecular formula is C17H22N2. The predicted molar refractivity (Wildman–Crippen MR) is 80.4 cm³/mol. The van der Waals surface area contributed by atoms with E-state index in [0.717, 1.165) is 6.54 Å². The average molecular weight is 254 g/mol. The van der Waals surface area contributed by atoms with Crippen LogP contribution in [0.3, 0.4) is 0 Å². The Morgan fingerprint density at radius 2 is 1.95 bits per heavy atom. The third-order valence-corrected chi connectivity index (χ3v) is 4.23. The van der Waals surface area contributed by atoms with E-state index in [1.165, 1.54) is 27.9 Å². The lowest BCUT2D eigenvalue weighted by Gasteiger charge is -2.20. The maximum atomic E-state index is 5.97. The van der Waals surface area contributed by atoms with Crippen molar-refractivity contribution in [3.05, 3.63) is 47.2 Å². The number of fused-ring (bicyclic) bond motifs is 3. The summed E-state index contributed by atoms with van der Waals surface area (Å²) in [4.78, 5) is 0. The first-order valence-electron chi connectivity index (χ1n) is 6.98. The molecule has 0 fully saturated rings. The average Bonchev–Trinajstić information content (AvgIpc) is 2.79. The molecule has 2 N–H and O–H groups in total. The molecule has 1 aliphatic rings. The van der Waals surface area contributed by atoms with Gasteiger partial charge in [-0.1, -0.05) is 31.5 Å². The molecule has 1 atom stereocenters. The van der Waals surface area contributed by atoms with E-state index in [2.05, 4.69) is 62.7 Å². The first-order chi connectivity index (χ1) is 8.91. The maximum Gasteiger partial charge on any atom is 0.0525 e. The van der Waals surface area contributed by atoms with Gasteiger partial charge in [-0.3, -0.25) is 0 Å². The molecule has 0 radical (unpaired) electrons. The molecule has 2 nitrogen and oxygen atoms in total. The van der Waals surface area contributed by atoms with Crippen LogP contribution in [0.15, 0.2) is 30.5 Å². The van der Waals surface area contributed by atoms with Crippen molar-refractivity contribution in [1.82, 2.24) is 4.57 Å². The van der Waals surface area contributed by atoms with Gasteiger partial charge in [0, 0.05) is 29.8 Å². The quantitative estimate of drug-likeness (QED) is 0.874. The van der Waals surface area contributed by atoms with E-state index in [1.54, 1.807) is 0 Å². The molecule has 0 saturated carbocycles. The Labute approximate surface area is 115 Å². The molecule has 100 valence electrons. The van der Waals surface area contributed by atoms with E-state index in [0.29, 0.717) is 0 Å². The fourth-order valence-corrected chi connectivity index (χ4v) is 3.28. The molecule has 0 spiro atoms. The summed E-state index contributed by atoms with van der Waals surface area (Å²) in [5.41, 5.74) is 13.0. The van der Waals surface area contributed by atoms with Gasteiger partial charge in [-0.25, -0.2) is 0 Å². The van der Waals surface area contributed by atoms with Crippen LogP contribution in [0, 0.1) is 6.92 Å². The van der Waals surface area contributed by atoms with Crippen molar-refractivity contribution in [3.8, 4) is 11.3 Å². The second kappa shape index (κ2) is 3.97. The minimum absolute atomic E-state index is 0.0987. The van der Waals surface area contributed by atoms with E-state index in [-0.39, 0.29) is 11.5 Å². The van der Waals surface area contributed by atoms with Crippen LogP contribution in [0.5, 0.6) is 0 Å². The van der Waals surface area contributed by atoms with Gasteiger partial charge in [0.25, 0.3) is 0 Å². The van der Waals surface area contributed by atoms with Crippen molar-refractivity contribution in [1.29, 1.82) is 0 Å². The fourth-order valence-electron chi connectivity index (χ4n) is 3.28. The standard InChI is InChI=1S/C17H22N2/c1-11-5-6-14-13(9-11)16-15(17(14,3)4)7-8-19(16)10-12(2)18/h5-9,12H,10,18H2,1-4H3. The zero-order valence-corrected chi connectivity index (χ0v) is 12.2. The minimum atomic E-state index is 0.0987. The van der Waals surface area contributed by atoms with Gasteiger partial charge >= 0.3 is 0 Å². The molecule has 1 aromatic heterocycles. The van der Waals surface area contributed by atoms with Crippen molar-refractivity contribution in [3.63, 3.8) is 0 Å². The predicted octanol–water partition coefficient (Wildman–Crippen LogP) is 3.45. The van der Waals surface area contributed by atoms with E-state index < -0.39 is 0 Å². The first-order valence-corrected chi connectivity index (χ1v) is 6.98. The summed E-state index contributed by atoms with van der Waals surface area (Å²) in [6, 6.07) is 9.23. The lowest BCUT2D eigenvalue weighted by atomic mass is 9.83. The van der Waals surface area contributed by atoms with Crippen LogP contribution in [0.2, 0.25) is 0 Å². The third kappa shape index (κ3) is 1.74. The monoisotopic (exact) mass is 254 g/mol. The lowest BCUT2D eigenvalue weighted by molar-refractivity contribution is 0.595. The maximum absolute atomic E-state index is 5.97. The number of aromatic nitrogens is 1. The van der Waals surface area contributed by atoms with Crippen LogP contribution in [-0.2, 0) is 12.0 Å². The summed E-state index contributed by atoms with van der Waals surface area (Å²) >= 11 is 0. The summed E-state index contributed by atoms with van der Waals surface area (Å²) < 4.78 is 2.31. The van der Waals surface area contributed by atoms with Crippen molar-refractivity contribution in [2.24, 2.45) is 5.73 Å². The highest BCUT2D eigenvalue weighted by molar-refractivity contribution is 5.79. The van der Waals surface area contributed by atoms with E-state index in [9.17, 15) is 0 Å². The topological polar surface area (TPSA) is 30.9 Å². The Morgan fingerprint density at radius 1 is 1.21 bits per heavy atom. The summed E-state index contributed by atoms with van der Waals surface area (Å²) in [6.45, 7) is 9.71. The Morgan fingerprint density at radius 3 is 2.63 bits per heavy atom. The normalized spacial score (nSPS) is 17.1. The zero-order chi connectivity index (χ0) is 13.8. The molecule has 19 heavy (non-hydrogen) atoms. The number of nitrogens with zero attached hydrogens (tertiary/aromatic N) is 1. The molecular weight excluding hydrogens is 232 g/mol. The Balaban J connectivity index is 2.24. The van der Waals surface area contributed by atoms with Gasteiger partial charge < -0.3 is 10.3 Å². The van der Waals surface area contributed by atoms with E-state index in [1.807, 2.05) is 0 Å². The Hall–Kier alpha value is -1.54. The molecule has 2 heteroatoms.